The number of terminal acetylenes is 1. The second-order valence-electron chi connectivity index (χ2n) is 6.92. The Balaban J connectivity index is 1.61. The lowest BCUT2D eigenvalue weighted by molar-refractivity contribution is -0.184. The fourth-order valence-corrected chi connectivity index (χ4v) is 4.29. The highest BCUT2D eigenvalue weighted by Crippen LogP contribution is 2.56. The molecule has 1 fully saturated rings. The van der Waals surface area contributed by atoms with Crippen LogP contribution < -0.4 is 9.84 Å². The van der Waals surface area contributed by atoms with Crippen molar-refractivity contribution in [3.63, 3.8) is 0 Å². The van der Waals surface area contributed by atoms with Crippen molar-refractivity contribution in [1.82, 2.24) is 10.2 Å². The maximum atomic E-state index is 15.8. The van der Waals surface area contributed by atoms with Crippen LogP contribution in [0, 0.1) is 19.3 Å². The molecule has 1 saturated heterocycles. The number of carbonyl (C=O) groups is 1. The van der Waals surface area contributed by atoms with E-state index in [-0.39, 0.29) is 23.8 Å². The fourth-order valence-electron chi connectivity index (χ4n) is 3.12. The molecule has 1 unspecified atom stereocenters. The molecule has 1 aromatic rings. The van der Waals surface area contributed by atoms with E-state index in [0.29, 0.717) is 11.1 Å². The van der Waals surface area contributed by atoms with Crippen molar-refractivity contribution in [1.29, 1.82) is 0 Å². The summed E-state index contributed by atoms with van der Waals surface area (Å²) in [5.74, 6) is -2.28. The van der Waals surface area contributed by atoms with Crippen molar-refractivity contribution in [2.45, 2.75) is 38.1 Å². The number of rotatable bonds is 4. The molecule has 11 heteroatoms. The Labute approximate surface area is 182 Å². The maximum Gasteiger partial charge on any atom is 0.530 e. The Hall–Kier alpha value is -2.67. The van der Waals surface area contributed by atoms with Gasteiger partial charge in [-0.05, 0) is 12.5 Å². The largest absolute Gasteiger partial charge is 0.530 e. The average Bonchev–Trinajstić information content (AvgIpc) is 2.98. The van der Waals surface area contributed by atoms with Gasteiger partial charge in [-0.2, -0.15) is 0 Å². The lowest BCUT2D eigenvalue weighted by Crippen LogP contribution is -2.46. The van der Waals surface area contributed by atoms with Gasteiger partial charge in [0.15, 0.2) is 6.20 Å². The predicted molar refractivity (Wildman–Crippen MR) is 106 cm³/mol. The Morgan fingerprint density at radius 2 is 2.42 bits per heavy atom. The molecule has 31 heavy (non-hydrogen) atoms. The standard InChI is InChI=1S/C20H20FN2O7P/c1-4-14-9-23(13(3)22-18(14)25)19-16(24)8-20(21,29-19)11-28-31(26)27-10-15-7-5-6-12(2)17(15)30-31/h1,5-7,9,16,19,24H,3,8,10-11H2,2H3,(H,22,25)/t16-,19-,20+,31?/m1/s1/i11D2,19D. The van der Waals surface area contributed by atoms with E-state index >= 15 is 4.39 Å². The maximum absolute atomic E-state index is 15.8. The van der Waals surface area contributed by atoms with Crippen LogP contribution in [0.15, 0.2) is 42.4 Å². The van der Waals surface area contributed by atoms with Gasteiger partial charge < -0.3 is 24.6 Å². The van der Waals surface area contributed by atoms with E-state index in [1.54, 1.807) is 25.1 Å². The van der Waals surface area contributed by atoms with Crippen molar-refractivity contribution in [3.05, 3.63) is 53.5 Å². The van der Waals surface area contributed by atoms with Gasteiger partial charge in [0.1, 0.15) is 29.8 Å². The number of carbonyl (C=O) groups excluding carboxylic acids is 1. The molecule has 0 saturated carbocycles. The quantitative estimate of drug-likeness (QED) is 0.528. The van der Waals surface area contributed by atoms with Gasteiger partial charge in [0.05, 0.1) is 10.7 Å². The van der Waals surface area contributed by atoms with Crippen LogP contribution >= 0.6 is 7.82 Å². The summed E-state index contributed by atoms with van der Waals surface area (Å²) in [5, 5.41) is 12.7. The zero-order chi connectivity index (χ0) is 25.1. The van der Waals surface area contributed by atoms with Gasteiger partial charge in [0, 0.05) is 18.2 Å². The van der Waals surface area contributed by atoms with E-state index in [1.165, 1.54) is 0 Å². The number of halogens is 1. The normalized spacial score (nSPS) is 36.8. The summed E-state index contributed by atoms with van der Waals surface area (Å²) in [6.45, 7) is 1.41. The summed E-state index contributed by atoms with van der Waals surface area (Å²) in [6.07, 6.45) is 0.366. The molecule has 0 bridgehead atoms. The molecule has 3 aliphatic heterocycles. The number of amides is 1. The van der Waals surface area contributed by atoms with Crippen LogP contribution in [0.5, 0.6) is 5.75 Å². The van der Waals surface area contributed by atoms with E-state index in [9.17, 15) is 14.5 Å². The minimum atomic E-state index is -4.68. The molecule has 0 radical (unpaired) electrons. The number of aliphatic hydroxyl groups is 1. The molecule has 0 aromatic heterocycles. The van der Waals surface area contributed by atoms with Crippen LogP contribution in [0.3, 0.4) is 0 Å². The highest BCUT2D eigenvalue weighted by molar-refractivity contribution is 7.49. The molecule has 164 valence electrons. The summed E-state index contributed by atoms with van der Waals surface area (Å²) in [5.41, 5.74) is 0.831. The van der Waals surface area contributed by atoms with Gasteiger partial charge in [-0.15, -0.1) is 6.42 Å². The number of hydrogen-bond acceptors (Lipinski definition) is 8. The smallest absolute Gasteiger partial charge is 0.403 e. The molecule has 3 aliphatic rings. The third kappa shape index (κ3) is 4.11. The first-order valence-electron chi connectivity index (χ1n) is 10.5. The number of aliphatic hydroxyl groups excluding tert-OH is 1. The van der Waals surface area contributed by atoms with Crippen LogP contribution in [0.1, 0.15) is 21.7 Å². The van der Waals surface area contributed by atoms with Gasteiger partial charge >= 0.3 is 7.82 Å². The zero-order valence-corrected chi connectivity index (χ0v) is 17.1. The van der Waals surface area contributed by atoms with E-state index in [1.807, 2.05) is 0 Å². The number of aryl methyl sites for hydroxylation is 1. The Morgan fingerprint density at radius 1 is 1.65 bits per heavy atom. The fraction of sp³-hybridized carbons (Fsp3) is 0.350. The first kappa shape index (κ1) is 18.0. The summed E-state index contributed by atoms with van der Waals surface area (Å²) in [4.78, 5) is 12.6. The Kier molecular flexibility index (Phi) is 4.51. The summed E-state index contributed by atoms with van der Waals surface area (Å²) >= 11 is 0. The number of para-hydroxylation sites is 1. The van der Waals surface area contributed by atoms with E-state index < -0.39 is 44.9 Å². The Morgan fingerprint density at radius 3 is 3.16 bits per heavy atom. The van der Waals surface area contributed by atoms with Crippen molar-refractivity contribution in [2.75, 3.05) is 6.56 Å². The Bertz CT molecular complexity index is 1210. The second kappa shape index (κ2) is 7.79. The highest BCUT2D eigenvalue weighted by Gasteiger charge is 2.51. The lowest BCUT2D eigenvalue weighted by atomic mass is 10.1. The van der Waals surface area contributed by atoms with Gasteiger partial charge in [-0.1, -0.05) is 30.7 Å². The number of ether oxygens (including phenoxy) is 1. The minimum Gasteiger partial charge on any atom is -0.403 e. The first-order valence-corrected chi connectivity index (χ1v) is 10.5. The van der Waals surface area contributed by atoms with Crippen molar-refractivity contribution >= 4 is 13.7 Å². The molecule has 3 heterocycles. The highest BCUT2D eigenvalue weighted by atomic mass is 31.2. The van der Waals surface area contributed by atoms with E-state index in [0.717, 1.165) is 11.1 Å². The van der Waals surface area contributed by atoms with Gasteiger partial charge in [0.25, 0.3) is 5.91 Å². The predicted octanol–water partition coefficient (Wildman–Crippen LogP) is 2.22. The van der Waals surface area contributed by atoms with Crippen LogP contribution in [0.4, 0.5) is 4.39 Å². The van der Waals surface area contributed by atoms with E-state index in [4.69, 9.17) is 28.8 Å². The zero-order valence-electron chi connectivity index (χ0n) is 19.3. The molecular formula is C20H20FN2O7P. The molecule has 0 aliphatic carbocycles. The van der Waals surface area contributed by atoms with Gasteiger partial charge in [-0.25, -0.2) is 8.96 Å². The molecule has 1 aromatic carbocycles. The number of hydrogen-bond donors (Lipinski definition) is 2. The van der Waals surface area contributed by atoms with Crippen LogP contribution in [0.2, 0.25) is 0 Å². The topological polar surface area (TPSA) is 107 Å². The molecule has 4 rings (SSSR count). The van der Waals surface area contributed by atoms with Gasteiger partial charge in [-0.3, -0.25) is 13.8 Å². The first-order chi connectivity index (χ1) is 15.7. The minimum absolute atomic E-state index is 0.148. The van der Waals surface area contributed by atoms with Crippen molar-refractivity contribution in [2.24, 2.45) is 0 Å². The molecule has 2 N–H and O–H groups in total. The lowest BCUT2D eigenvalue weighted by Gasteiger charge is -2.34. The number of nitrogens with zero attached hydrogens (tertiary/aromatic N) is 1. The third-order valence-corrected chi connectivity index (χ3v) is 5.80. The molecule has 9 nitrogen and oxygen atoms in total. The van der Waals surface area contributed by atoms with Gasteiger partial charge in [0.2, 0.25) is 5.85 Å². The van der Waals surface area contributed by atoms with E-state index in [2.05, 4.69) is 17.8 Å². The monoisotopic (exact) mass is 453 g/mol. The SMILES string of the molecule is [2H]C([2H])(OP1(=O)OCc2cccc(C)c2O1)[C@]1(F)C[C@@H](O)[C@]([2H])(N2C=C(C#C)C(=O)NC2=C)O1. The third-order valence-electron chi connectivity index (χ3n) is 4.64. The second-order valence-corrected chi connectivity index (χ2v) is 8.43. The number of phosphoric ester groups is 1. The number of benzene rings is 1. The number of nitrogens with one attached hydrogen (secondary N) is 1. The van der Waals surface area contributed by atoms with Crippen LogP contribution in [0.25, 0.3) is 0 Å². The summed E-state index contributed by atoms with van der Waals surface area (Å²) in [6, 6.07) is 5.02. The van der Waals surface area contributed by atoms with Crippen LogP contribution in [-0.4, -0.2) is 40.6 Å². The molecule has 4 atom stereocenters. The van der Waals surface area contributed by atoms with Crippen molar-refractivity contribution in [3.8, 4) is 18.1 Å². The number of fused-ring (bicyclic) bond motifs is 1. The van der Waals surface area contributed by atoms with Crippen molar-refractivity contribution < 1.29 is 41.3 Å². The summed E-state index contributed by atoms with van der Waals surface area (Å²) in [7, 11) is -4.68. The number of phosphoric acid groups is 1. The molecular weight excluding hydrogens is 430 g/mol. The van der Waals surface area contributed by atoms with Crippen LogP contribution in [-0.2, 0) is 29.8 Å². The summed E-state index contributed by atoms with van der Waals surface area (Å²) < 4.78 is 73.9. The number of alkyl halides is 1. The molecule has 1 amide bonds. The molecule has 0 spiro atoms. The average molecular weight is 453 g/mol.